The lowest BCUT2D eigenvalue weighted by atomic mass is 9.78. The number of carbonyl (C=O) groups excluding carboxylic acids is 2. The summed E-state index contributed by atoms with van der Waals surface area (Å²) in [4.78, 5) is 27.3. The fourth-order valence-corrected chi connectivity index (χ4v) is 4.07. The number of hydrogen-bond acceptors (Lipinski definition) is 4. The third kappa shape index (κ3) is 6.07. The number of likely N-dealkylation sites (tertiary alicyclic amines) is 1. The lowest BCUT2D eigenvalue weighted by Crippen LogP contribution is -2.54. The van der Waals surface area contributed by atoms with Crippen molar-refractivity contribution < 1.29 is 14.3 Å². The number of aryl methyl sites for hydroxylation is 1. The number of benzene rings is 1. The Balaban J connectivity index is 0.00000300. The van der Waals surface area contributed by atoms with Crippen LogP contribution in [-0.2, 0) is 9.53 Å². The molecular formula is C21H33ClN4O3. The molecule has 0 bridgehead atoms. The van der Waals surface area contributed by atoms with E-state index in [9.17, 15) is 9.59 Å². The molecular weight excluding hydrogens is 392 g/mol. The second-order valence-corrected chi connectivity index (χ2v) is 8.06. The fraction of sp³-hybridized carbons (Fsp3) is 0.619. The van der Waals surface area contributed by atoms with Crippen molar-refractivity contribution in [3.63, 3.8) is 0 Å². The quantitative estimate of drug-likeness (QED) is 0.676. The number of halogens is 1. The van der Waals surface area contributed by atoms with Gasteiger partial charge < -0.3 is 26.0 Å². The maximum Gasteiger partial charge on any atom is 0.319 e. The third-order valence-electron chi connectivity index (χ3n) is 5.96. The number of nitrogens with two attached hydrogens (primary N) is 1. The van der Waals surface area contributed by atoms with Gasteiger partial charge in [-0.3, -0.25) is 4.79 Å². The Labute approximate surface area is 179 Å². The zero-order valence-corrected chi connectivity index (χ0v) is 17.9. The predicted octanol–water partition coefficient (Wildman–Crippen LogP) is 2.53. The van der Waals surface area contributed by atoms with Gasteiger partial charge in [0.1, 0.15) is 0 Å². The summed E-state index contributed by atoms with van der Waals surface area (Å²) in [5.74, 6) is 0.420. The number of urea groups is 1. The van der Waals surface area contributed by atoms with Gasteiger partial charge in [-0.05, 0) is 50.7 Å². The molecule has 29 heavy (non-hydrogen) atoms. The molecule has 3 rings (SSSR count). The minimum atomic E-state index is -0.476. The smallest absolute Gasteiger partial charge is 0.319 e. The lowest BCUT2D eigenvalue weighted by molar-refractivity contribution is -0.149. The van der Waals surface area contributed by atoms with Crippen LogP contribution in [-0.4, -0.2) is 56.2 Å². The zero-order valence-electron chi connectivity index (χ0n) is 17.1. The molecule has 0 aliphatic carbocycles. The van der Waals surface area contributed by atoms with Crippen molar-refractivity contribution in [2.45, 2.75) is 32.6 Å². The molecule has 2 saturated heterocycles. The molecule has 0 spiro atoms. The average molecular weight is 425 g/mol. The van der Waals surface area contributed by atoms with E-state index in [0.717, 1.165) is 30.6 Å². The molecule has 1 aromatic rings. The summed E-state index contributed by atoms with van der Waals surface area (Å²) in [6.45, 7) is 5.57. The van der Waals surface area contributed by atoms with E-state index in [-0.39, 0.29) is 30.3 Å². The summed E-state index contributed by atoms with van der Waals surface area (Å²) in [6, 6.07) is 7.48. The van der Waals surface area contributed by atoms with Gasteiger partial charge in [-0.2, -0.15) is 0 Å². The Hall–Kier alpha value is -1.83. The minimum Gasteiger partial charge on any atom is -0.381 e. The lowest BCUT2D eigenvalue weighted by Gasteiger charge is -2.42. The first-order chi connectivity index (χ1) is 13.5. The maximum atomic E-state index is 13.1. The number of amides is 3. The summed E-state index contributed by atoms with van der Waals surface area (Å²) in [5, 5.41) is 5.79. The number of rotatable bonds is 5. The molecule has 1 unspecified atom stereocenters. The largest absolute Gasteiger partial charge is 0.381 e. The third-order valence-corrected chi connectivity index (χ3v) is 5.96. The summed E-state index contributed by atoms with van der Waals surface area (Å²) in [6.07, 6.45) is 3.35. The molecule has 0 radical (unpaired) electrons. The highest BCUT2D eigenvalue weighted by Gasteiger charge is 2.42. The Morgan fingerprint density at radius 2 is 1.93 bits per heavy atom. The van der Waals surface area contributed by atoms with Crippen molar-refractivity contribution in [3.05, 3.63) is 29.8 Å². The van der Waals surface area contributed by atoms with Crippen LogP contribution in [0.5, 0.6) is 0 Å². The van der Waals surface area contributed by atoms with Gasteiger partial charge in [0, 0.05) is 45.1 Å². The molecule has 1 atom stereocenters. The second-order valence-electron chi connectivity index (χ2n) is 8.06. The Morgan fingerprint density at radius 3 is 2.59 bits per heavy atom. The van der Waals surface area contributed by atoms with E-state index in [4.69, 9.17) is 10.5 Å². The van der Waals surface area contributed by atoms with E-state index in [2.05, 4.69) is 10.6 Å². The molecule has 2 aliphatic rings. The second kappa shape index (κ2) is 10.8. The van der Waals surface area contributed by atoms with Crippen LogP contribution >= 0.6 is 12.4 Å². The monoisotopic (exact) mass is 424 g/mol. The minimum absolute atomic E-state index is 0. The van der Waals surface area contributed by atoms with Crippen LogP contribution in [0.15, 0.2) is 24.3 Å². The standard InChI is InChI=1S/C21H32N4O3.ClH/c1-16-4-6-18(7-5-16)24-20(27)23-13-17-3-2-10-25(14-17)19(26)21(15-22)8-11-28-12-9-21;/h4-7,17H,2-3,8-15,22H2,1H3,(H2,23,24,27);1H. The van der Waals surface area contributed by atoms with Crippen LogP contribution in [0.25, 0.3) is 0 Å². The summed E-state index contributed by atoms with van der Waals surface area (Å²) >= 11 is 0. The van der Waals surface area contributed by atoms with Crippen molar-refractivity contribution in [2.24, 2.45) is 17.1 Å². The highest BCUT2D eigenvalue weighted by atomic mass is 35.5. The molecule has 4 N–H and O–H groups in total. The highest BCUT2D eigenvalue weighted by Crippen LogP contribution is 2.33. The molecule has 162 valence electrons. The van der Waals surface area contributed by atoms with Gasteiger partial charge in [0.2, 0.25) is 5.91 Å². The Bertz CT molecular complexity index is 677. The van der Waals surface area contributed by atoms with Gasteiger partial charge in [0.15, 0.2) is 0 Å². The van der Waals surface area contributed by atoms with Crippen LogP contribution in [0.2, 0.25) is 0 Å². The van der Waals surface area contributed by atoms with Gasteiger partial charge in [0.05, 0.1) is 5.41 Å². The fourth-order valence-electron chi connectivity index (χ4n) is 4.07. The Kier molecular flexibility index (Phi) is 8.74. The van der Waals surface area contributed by atoms with Crippen LogP contribution in [0.4, 0.5) is 10.5 Å². The van der Waals surface area contributed by atoms with Crippen molar-refractivity contribution in [3.8, 4) is 0 Å². The highest BCUT2D eigenvalue weighted by molar-refractivity contribution is 5.89. The number of piperidine rings is 1. The molecule has 0 aromatic heterocycles. The summed E-state index contributed by atoms with van der Waals surface area (Å²) < 4.78 is 5.42. The molecule has 1 aromatic carbocycles. The zero-order chi connectivity index (χ0) is 20.0. The van der Waals surface area contributed by atoms with E-state index < -0.39 is 5.41 Å². The molecule has 2 aliphatic heterocycles. The van der Waals surface area contributed by atoms with Crippen molar-refractivity contribution in [1.82, 2.24) is 10.2 Å². The number of hydrogen-bond donors (Lipinski definition) is 3. The number of ether oxygens (including phenoxy) is 1. The van der Waals surface area contributed by atoms with Crippen LogP contribution in [0.3, 0.4) is 0 Å². The van der Waals surface area contributed by atoms with Gasteiger partial charge in [-0.25, -0.2) is 4.79 Å². The van der Waals surface area contributed by atoms with E-state index in [0.29, 0.717) is 45.7 Å². The van der Waals surface area contributed by atoms with E-state index in [1.165, 1.54) is 0 Å². The molecule has 0 saturated carbocycles. The number of nitrogens with zero attached hydrogens (tertiary/aromatic N) is 1. The van der Waals surface area contributed by atoms with Crippen molar-refractivity contribution in [2.75, 3.05) is 44.7 Å². The topological polar surface area (TPSA) is 96.7 Å². The van der Waals surface area contributed by atoms with Crippen molar-refractivity contribution >= 4 is 30.0 Å². The SMILES string of the molecule is Cc1ccc(NC(=O)NCC2CCCN(C(=O)C3(CN)CCOCC3)C2)cc1.Cl. The first-order valence-electron chi connectivity index (χ1n) is 10.2. The number of carbonyl (C=O) groups is 2. The number of anilines is 1. The van der Waals surface area contributed by atoms with Gasteiger partial charge in [0.25, 0.3) is 0 Å². The molecule has 8 heteroatoms. The van der Waals surface area contributed by atoms with E-state index in [1.807, 2.05) is 36.1 Å². The molecule has 7 nitrogen and oxygen atoms in total. The van der Waals surface area contributed by atoms with E-state index >= 15 is 0 Å². The number of nitrogens with one attached hydrogen (secondary N) is 2. The Morgan fingerprint density at radius 1 is 1.24 bits per heavy atom. The normalized spacial score (nSPS) is 21.0. The summed E-state index contributed by atoms with van der Waals surface area (Å²) in [5.41, 5.74) is 7.44. The predicted molar refractivity (Wildman–Crippen MR) is 116 cm³/mol. The first-order valence-corrected chi connectivity index (χ1v) is 10.2. The van der Waals surface area contributed by atoms with Crippen LogP contribution in [0, 0.1) is 18.3 Å². The molecule has 3 amide bonds. The van der Waals surface area contributed by atoms with Crippen molar-refractivity contribution in [1.29, 1.82) is 0 Å². The summed E-state index contributed by atoms with van der Waals surface area (Å²) in [7, 11) is 0. The van der Waals surface area contributed by atoms with E-state index in [1.54, 1.807) is 0 Å². The maximum absolute atomic E-state index is 13.1. The van der Waals surface area contributed by atoms with Crippen LogP contribution in [0.1, 0.15) is 31.2 Å². The average Bonchev–Trinajstić information content (AvgIpc) is 2.74. The molecule has 2 heterocycles. The van der Waals surface area contributed by atoms with Gasteiger partial charge in [-0.15, -0.1) is 12.4 Å². The van der Waals surface area contributed by atoms with Gasteiger partial charge >= 0.3 is 6.03 Å². The molecule has 2 fully saturated rings. The van der Waals surface area contributed by atoms with Crippen LogP contribution < -0.4 is 16.4 Å². The first kappa shape index (κ1) is 23.4. The van der Waals surface area contributed by atoms with Gasteiger partial charge in [-0.1, -0.05) is 17.7 Å².